The molecule has 36 heavy (non-hydrogen) atoms. The van der Waals surface area contributed by atoms with Gasteiger partial charge in [-0.25, -0.2) is 12.8 Å². The lowest BCUT2D eigenvalue weighted by Gasteiger charge is -2.30. The largest absolute Gasteiger partial charge is 0.370 e. The number of hydrogen-bond acceptors (Lipinski definition) is 4. The summed E-state index contributed by atoms with van der Waals surface area (Å²) < 4.78 is 42.8. The number of nitrogens with one attached hydrogen (secondary N) is 1. The Morgan fingerprint density at radius 2 is 1.69 bits per heavy atom. The quantitative estimate of drug-likeness (QED) is 0.352. The lowest BCUT2D eigenvalue weighted by atomic mass is 10.2. The van der Waals surface area contributed by atoms with Gasteiger partial charge in [0.15, 0.2) is 0 Å². The average molecular weight is 552 g/mol. The number of amides is 1. The molecule has 1 amide bonds. The maximum absolute atomic E-state index is 14.9. The molecule has 3 aromatic carbocycles. The third-order valence-electron chi connectivity index (χ3n) is 5.68. The fourth-order valence-electron chi connectivity index (χ4n) is 3.78. The van der Waals surface area contributed by atoms with Crippen LogP contribution in [0.2, 0.25) is 10.0 Å². The van der Waals surface area contributed by atoms with Gasteiger partial charge in [-0.05, 0) is 80.9 Å². The van der Waals surface area contributed by atoms with Gasteiger partial charge >= 0.3 is 0 Å². The minimum atomic E-state index is -4.34. The topological polar surface area (TPSA) is 69.7 Å². The zero-order valence-electron chi connectivity index (χ0n) is 20.2. The highest BCUT2D eigenvalue weighted by Gasteiger charge is 2.35. The van der Waals surface area contributed by atoms with Crippen molar-refractivity contribution < 1.29 is 17.6 Å². The first kappa shape index (κ1) is 27.8. The standard InChI is InChI=1S/C26H28Cl2FN3O3S/c1-4-31(22-7-5-6-18(2)16-22)15-14-30-26(33)19(3)32(25-17-21(28)10-13-24(25)29)36(34,35)23-11-8-20(27)9-12-23/h5-13,16-17,19H,4,14-15H2,1-3H3,(H,30,33)/t19-/m1/s1. The van der Waals surface area contributed by atoms with Gasteiger partial charge in [0, 0.05) is 35.4 Å². The lowest BCUT2D eigenvalue weighted by molar-refractivity contribution is -0.121. The fraction of sp³-hybridized carbons (Fsp3) is 0.269. The summed E-state index contributed by atoms with van der Waals surface area (Å²) in [6, 6.07) is 15.7. The number of rotatable bonds is 10. The van der Waals surface area contributed by atoms with E-state index in [4.69, 9.17) is 23.2 Å². The van der Waals surface area contributed by atoms with Crippen LogP contribution in [0.15, 0.2) is 71.6 Å². The molecule has 0 radical (unpaired) electrons. The molecule has 0 saturated heterocycles. The summed E-state index contributed by atoms with van der Waals surface area (Å²) in [5, 5.41) is 3.26. The smallest absolute Gasteiger partial charge is 0.265 e. The van der Waals surface area contributed by atoms with Crippen LogP contribution in [0.5, 0.6) is 0 Å². The number of anilines is 2. The van der Waals surface area contributed by atoms with Crippen LogP contribution in [0, 0.1) is 12.7 Å². The van der Waals surface area contributed by atoms with E-state index in [1.54, 1.807) is 0 Å². The monoisotopic (exact) mass is 551 g/mol. The first-order chi connectivity index (χ1) is 17.0. The second-order valence-electron chi connectivity index (χ2n) is 8.24. The SMILES string of the molecule is CCN(CCNC(=O)[C@@H](C)N(c1cc(Cl)ccc1F)S(=O)(=O)c1ccc(Cl)cc1)c1cccc(C)c1. The van der Waals surface area contributed by atoms with Crippen LogP contribution in [0.1, 0.15) is 19.4 Å². The van der Waals surface area contributed by atoms with Crippen LogP contribution < -0.4 is 14.5 Å². The van der Waals surface area contributed by atoms with Gasteiger partial charge in [0.1, 0.15) is 11.9 Å². The Bertz CT molecular complexity index is 1320. The molecule has 0 heterocycles. The highest BCUT2D eigenvalue weighted by Crippen LogP contribution is 2.31. The molecule has 0 aliphatic rings. The van der Waals surface area contributed by atoms with Crippen molar-refractivity contribution in [2.45, 2.75) is 31.7 Å². The fourth-order valence-corrected chi connectivity index (χ4v) is 5.69. The third-order valence-corrected chi connectivity index (χ3v) is 8.06. The van der Waals surface area contributed by atoms with E-state index in [9.17, 15) is 17.6 Å². The van der Waals surface area contributed by atoms with Crippen LogP contribution in [0.25, 0.3) is 0 Å². The summed E-state index contributed by atoms with van der Waals surface area (Å²) in [4.78, 5) is 15.1. The van der Waals surface area contributed by atoms with E-state index in [0.717, 1.165) is 28.2 Å². The van der Waals surface area contributed by atoms with E-state index in [0.29, 0.717) is 11.6 Å². The molecule has 0 fully saturated rings. The van der Waals surface area contributed by atoms with Crippen molar-refractivity contribution >= 4 is 50.5 Å². The Balaban J connectivity index is 1.85. The number of aryl methyl sites for hydroxylation is 1. The molecule has 0 unspecified atom stereocenters. The molecular formula is C26H28Cl2FN3O3S. The number of carbonyl (C=O) groups is 1. The van der Waals surface area contributed by atoms with Crippen molar-refractivity contribution in [3.05, 3.63) is 88.2 Å². The van der Waals surface area contributed by atoms with Gasteiger partial charge in [-0.3, -0.25) is 9.10 Å². The molecule has 0 aliphatic carbocycles. The number of carbonyl (C=O) groups excluding carboxylic acids is 1. The Kier molecular flexibility index (Phi) is 9.22. The van der Waals surface area contributed by atoms with Crippen LogP contribution in [-0.4, -0.2) is 40.0 Å². The summed E-state index contributed by atoms with van der Waals surface area (Å²) in [6.45, 7) is 6.91. The zero-order valence-corrected chi connectivity index (χ0v) is 22.5. The highest BCUT2D eigenvalue weighted by molar-refractivity contribution is 7.93. The Morgan fingerprint density at radius 3 is 2.33 bits per heavy atom. The minimum absolute atomic E-state index is 0.132. The molecule has 0 aliphatic heterocycles. The van der Waals surface area contributed by atoms with E-state index >= 15 is 0 Å². The van der Waals surface area contributed by atoms with E-state index in [1.165, 1.54) is 43.3 Å². The zero-order chi connectivity index (χ0) is 26.5. The molecule has 3 aromatic rings. The second kappa shape index (κ2) is 12.0. The number of halogens is 3. The molecule has 1 N–H and O–H groups in total. The van der Waals surface area contributed by atoms with E-state index in [2.05, 4.69) is 16.3 Å². The van der Waals surface area contributed by atoms with E-state index in [-0.39, 0.29) is 22.2 Å². The number of benzene rings is 3. The van der Waals surface area contributed by atoms with Crippen molar-refractivity contribution in [1.82, 2.24) is 5.32 Å². The number of nitrogens with zero attached hydrogens (tertiary/aromatic N) is 2. The van der Waals surface area contributed by atoms with Crippen LogP contribution >= 0.6 is 23.2 Å². The van der Waals surface area contributed by atoms with Crippen molar-refractivity contribution in [3.8, 4) is 0 Å². The number of hydrogen-bond donors (Lipinski definition) is 1. The normalized spacial score (nSPS) is 12.2. The molecular weight excluding hydrogens is 524 g/mol. The maximum atomic E-state index is 14.9. The molecule has 0 spiro atoms. The van der Waals surface area contributed by atoms with Crippen molar-refractivity contribution in [2.75, 3.05) is 28.8 Å². The first-order valence-corrected chi connectivity index (χ1v) is 13.6. The molecule has 1 atom stereocenters. The maximum Gasteiger partial charge on any atom is 0.265 e. The molecule has 10 heteroatoms. The van der Waals surface area contributed by atoms with Gasteiger partial charge in [-0.15, -0.1) is 0 Å². The molecule has 192 valence electrons. The van der Waals surface area contributed by atoms with E-state index in [1.807, 2.05) is 32.0 Å². The Hall–Kier alpha value is -2.81. The predicted molar refractivity (Wildman–Crippen MR) is 144 cm³/mol. The Morgan fingerprint density at radius 1 is 1.03 bits per heavy atom. The molecule has 0 aromatic heterocycles. The number of sulfonamides is 1. The average Bonchev–Trinajstić information content (AvgIpc) is 2.84. The minimum Gasteiger partial charge on any atom is -0.370 e. The Labute approximate surface area is 221 Å². The first-order valence-electron chi connectivity index (χ1n) is 11.4. The van der Waals surface area contributed by atoms with Crippen LogP contribution in [-0.2, 0) is 14.8 Å². The van der Waals surface area contributed by atoms with Crippen molar-refractivity contribution in [1.29, 1.82) is 0 Å². The summed E-state index contributed by atoms with van der Waals surface area (Å²) in [7, 11) is -4.34. The van der Waals surface area contributed by atoms with Crippen LogP contribution in [0.4, 0.5) is 15.8 Å². The summed E-state index contributed by atoms with van der Waals surface area (Å²) in [6.07, 6.45) is 0. The molecule has 3 rings (SSSR count). The highest BCUT2D eigenvalue weighted by atomic mass is 35.5. The van der Waals surface area contributed by atoms with Gasteiger partial charge in [-0.1, -0.05) is 35.3 Å². The van der Waals surface area contributed by atoms with Gasteiger partial charge < -0.3 is 10.2 Å². The summed E-state index contributed by atoms with van der Waals surface area (Å²) in [5.41, 5.74) is 1.82. The summed E-state index contributed by atoms with van der Waals surface area (Å²) in [5.74, 6) is -1.40. The second-order valence-corrected chi connectivity index (χ2v) is 10.9. The van der Waals surface area contributed by atoms with Gasteiger partial charge in [0.2, 0.25) is 5.91 Å². The summed E-state index contributed by atoms with van der Waals surface area (Å²) >= 11 is 12.0. The van der Waals surface area contributed by atoms with Crippen LogP contribution in [0.3, 0.4) is 0 Å². The van der Waals surface area contributed by atoms with Crippen molar-refractivity contribution in [3.63, 3.8) is 0 Å². The number of likely N-dealkylation sites (N-methyl/N-ethyl adjacent to an activating group) is 1. The van der Waals surface area contributed by atoms with E-state index < -0.39 is 27.8 Å². The predicted octanol–water partition coefficient (Wildman–Crippen LogP) is 5.67. The van der Waals surface area contributed by atoms with Gasteiger partial charge in [0.05, 0.1) is 10.6 Å². The molecule has 0 saturated carbocycles. The van der Waals surface area contributed by atoms with Gasteiger partial charge in [0.25, 0.3) is 10.0 Å². The molecule has 6 nitrogen and oxygen atoms in total. The molecule has 0 bridgehead atoms. The van der Waals surface area contributed by atoms with Crippen molar-refractivity contribution in [2.24, 2.45) is 0 Å². The lowest BCUT2D eigenvalue weighted by Crippen LogP contribution is -2.49. The third kappa shape index (κ3) is 6.49. The van der Waals surface area contributed by atoms with Gasteiger partial charge in [-0.2, -0.15) is 0 Å².